The summed E-state index contributed by atoms with van der Waals surface area (Å²) in [6.45, 7) is 6.40. The van der Waals surface area contributed by atoms with Gasteiger partial charge in [-0.15, -0.1) is 0 Å². The van der Waals surface area contributed by atoms with E-state index in [2.05, 4.69) is 10.6 Å². The largest absolute Gasteiger partial charge is 0.493 e. The van der Waals surface area contributed by atoms with E-state index in [1.807, 2.05) is 30.9 Å². The summed E-state index contributed by atoms with van der Waals surface area (Å²) in [5, 5.41) is 6.28. The first kappa shape index (κ1) is 33.6. The number of esters is 1. The van der Waals surface area contributed by atoms with Crippen LogP contribution in [0.4, 0.5) is 5.69 Å². The molecule has 0 saturated carbocycles. The van der Waals surface area contributed by atoms with E-state index in [0.29, 0.717) is 73.6 Å². The lowest BCUT2D eigenvalue weighted by Crippen LogP contribution is -2.49. The minimum Gasteiger partial charge on any atom is -0.493 e. The van der Waals surface area contributed by atoms with Gasteiger partial charge >= 0.3 is 5.97 Å². The first-order valence-corrected chi connectivity index (χ1v) is 15.4. The number of anilines is 1. The summed E-state index contributed by atoms with van der Waals surface area (Å²) >= 11 is 0. The Morgan fingerprint density at radius 2 is 1.64 bits per heavy atom. The van der Waals surface area contributed by atoms with Gasteiger partial charge in [-0.1, -0.05) is 19.9 Å². The second-order valence-corrected chi connectivity index (χ2v) is 12.0. The SMILES string of the molecule is COC(=O)CC1CCN(C(=O)C(Nc2ccc3c(cc2=O)C(NC(C)=O)CCc2cc(OC)c(OC)c(OC)c2-3)C(C)C)CC1. The summed E-state index contributed by atoms with van der Waals surface area (Å²) in [5.41, 5.74) is 3.02. The fourth-order valence-corrected chi connectivity index (χ4v) is 6.38. The van der Waals surface area contributed by atoms with Crippen LogP contribution in [0.1, 0.15) is 63.6 Å². The van der Waals surface area contributed by atoms with Crippen molar-refractivity contribution in [3.63, 3.8) is 0 Å². The number of benzene rings is 1. The van der Waals surface area contributed by atoms with Crippen molar-refractivity contribution < 1.29 is 33.3 Å². The van der Waals surface area contributed by atoms with Gasteiger partial charge in [0.25, 0.3) is 0 Å². The van der Waals surface area contributed by atoms with E-state index < -0.39 is 12.1 Å². The number of hydrogen-bond donors (Lipinski definition) is 2. The maximum atomic E-state index is 13.8. The topological polar surface area (TPSA) is 132 Å². The maximum Gasteiger partial charge on any atom is 0.305 e. The fourth-order valence-electron chi connectivity index (χ4n) is 6.38. The van der Waals surface area contributed by atoms with Gasteiger partial charge in [0, 0.05) is 32.0 Å². The van der Waals surface area contributed by atoms with Crippen molar-refractivity contribution in [1.29, 1.82) is 0 Å². The number of ether oxygens (including phenoxy) is 4. The predicted octanol–water partition coefficient (Wildman–Crippen LogP) is 4.10. The number of aryl methyl sites for hydroxylation is 1. The van der Waals surface area contributed by atoms with Crippen LogP contribution in [-0.2, 0) is 25.5 Å². The van der Waals surface area contributed by atoms with Crippen molar-refractivity contribution in [3.8, 4) is 28.4 Å². The van der Waals surface area contributed by atoms with Crippen molar-refractivity contribution in [3.05, 3.63) is 45.6 Å². The summed E-state index contributed by atoms with van der Waals surface area (Å²) in [6.07, 6.45) is 2.91. The molecule has 2 aromatic carbocycles. The summed E-state index contributed by atoms with van der Waals surface area (Å²) in [6, 6.07) is 5.91. The Bertz CT molecular complexity index is 1480. The molecule has 0 radical (unpaired) electrons. The second kappa shape index (κ2) is 14.7. The van der Waals surface area contributed by atoms with Crippen molar-refractivity contribution in [1.82, 2.24) is 10.2 Å². The molecule has 1 aliphatic heterocycles. The molecule has 0 bridgehead atoms. The van der Waals surface area contributed by atoms with Gasteiger partial charge < -0.3 is 34.5 Å². The van der Waals surface area contributed by atoms with E-state index in [9.17, 15) is 19.2 Å². The number of carbonyl (C=O) groups is 3. The standard InChI is InChI=1S/C34H45N3O8/c1-19(2)31(34(41)37-14-12-21(13-15-37)16-29(40)43-5)36-26-11-9-23-24(18-27(26)39)25(35-20(3)38)10-8-22-17-28(42-4)32(44-6)33(45-7)30(22)23/h9,11,17-19,21,25,31H,8,10,12-16H2,1-7H3,(H,35,38)(H,36,39). The number of hydrogen-bond acceptors (Lipinski definition) is 9. The minimum absolute atomic E-state index is 0.0889. The molecule has 1 heterocycles. The highest BCUT2D eigenvalue weighted by Crippen LogP contribution is 2.50. The Kier molecular flexibility index (Phi) is 11.0. The number of nitrogens with one attached hydrogen (secondary N) is 2. The molecule has 0 aromatic heterocycles. The van der Waals surface area contributed by atoms with Gasteiger partial charge in [-0.2, -0.15) is 0 Å². The Morgan fingerprint density at radius 3 is 2.22 bits per heavy atom. The summed E-state index contributed by atoms with van der Waals surface area (Å²) in [7, 11) is 6.04. The van der Waals surface area contributed by atoms with Crippen molar-refractivity contribution in [2.75, 3.05) is 46.8 Å². The number of amides is 2. The Balaban J connectivity index is 1.74. The molecule has 1 fully saturated rings. The monoisotopic (exact) mass is 623 g/mol. The molecule has 244 valence electrons. The van der Waals surface area contributed by atoms with Crippen LogP contribution in [-0.4, -0.2) is 70.3 Å². The smallest absolute Gasteiger partial charge is 0.305 e. The fraction of sp³-hybridized carbons (Fsp3) is 0.529. The van der Waals surface area contributed by atoms with Crippen LogP contribution in [0.25, 0.3) is 11.1 Å². The normalized spacial score (nSPS) is 16.9. The molecular weight excluding hydrogens is 578 g/mol. The molecule has 4 rings (SSSR count). The number of piperidine rings is 1. The van der Waals surface area contributed by atoms with Gasteiger partial charge in [-0.05, 0) is 72.4 Å². The molecule has 1 saturated heterocycles. The van der Waals surface area contributed by atoms with Gasteiger partial charge in [-0.3, -0.25) is 19.2 Å². The third kappa shape index (κ3) is 7.34. The van der Waals surface area contributed by atoms with Gasteiger partial charge in [0.15, 0.2) is 11.5 Å². The van der Waals surface area contributed by atoms with Crippen LogP contribution in [0, 0.1) is 11.8 Å². The molecule has 45 heavy (non-hydrogen) atoms. The molecule has 11 nitrogen and oxygen atoms in total. The minimum atomic E-state index is -0.644. The van der Waals surface area contributed by atoms with Crippen molar-refractivity contribution in [2.45, 2.75) is 65.0 Å². The van der Waals surface area contributed by atoms with E-state index in [-0.39, 0.29) is 40.7 Å². The third-order valence-corrected chi connectivity index (χ3v) is 8.77. The number of methoxy groups -OCH3 is 4. The number of fused-ring (bicyclic) bond motifs is 3. The first-order valence-electron chi connectivity index (χ1n) is 15.4. The molecule has 2 aromatic rings. The Morgan fingerprint density at radius 1 is 0.956 bits per heavy atom. The van der Waals surface area contributed by atoms with Crippen LogP contribution in [0.3, 0.4) is 0 Å². The van der Waals surface area contributed by atoms with Crippen LogP contribution in [0.15, 0.2) is 29.1 Å². The molecule has 2 unspecified atom stereocenters. The first-order chi connectivity index (χ1) is 21.5. The zero-order valence-corrected chi connectivity index (χ0v) is 27.3. The average molecular weight is 624 g/mol. The summed E-state index contributed by atoms with van der Waals surface area (Å²) in [5.74, 6) is 0.944. The molecular formula is C34H45N3O8. The second-order valence-electron chi connectivity index (χ2n) is 12.0. The molecule has 0 spiro atoms. The van der Waals surface area contributed by atoms with E-state index in [0.717, 1.165) is 11.1 Å². The lowest BCUT2D eigenvalue weighted by atomic mass is 9.92. The molecule has 2 amide bonds. The number of likely N-dealkylation sites (tertiary alicyclic amines) is 1. The zero-order valence-electron chi connectivity index (χ0n) is 27.3. The van der Waals surface area contributed by atoms with E-state index in [4.69, 9.17) is 18.9 Å². The van der Waals surface area contributed by atoms with Crippen LogP contribution in [0.2, 0.25) is 0 Å². The highest BCUT2D eigenvalue weighted by molar-refractivity contribution is 5.86. The van der Waals surface area contributed by atoms with Crippen molar-refractivity contribution >= 4 is 23.5 Å². The highest BCUT2D eigenvalue weighted by Gasteiger charge is 2.33. The van der Waals surface area contributed by atoms with Gasteiger partial charge in [-0.25, -0.2) is 0 Å². The lowest BCUT2D eigenvalue weighted by molar-refractivity contribution is -0.142. The highest BCUT2D eigenvalue weighted by atomic mass is 16.5. The lowest BCUT2D eigenvalue weighted by Gasteiger charge is -2.35. The predicted molar refractivity (Wildman–Crippen MR) is 171 cm³/mol. The summed E-state index contributed by atoms with van der Waals surface area (Å²) in [4.78, 5) is 53.4. The molecule has 1 aliphatic carbocycles. The van der Waals surface area contributed by atoms with Crippen LogP contribution >= 0.6 is 0 Å². The van der Waals surface area contributed by atoms with Crippen LogP contribution in [0.5, 0.6) is 17.2 Å². The van der Waals surface area contributed by atoms with Crippen LogP contribution < -0.4 is 30.3 Å². The third-order valence-electron chi connectivity index (χ3n) is 8.77. The van der Waals surface area contributed by atoms with E-state index in [1.54, 1.807) is 26.4 Å². The quantitative estimate of drug-likeness (QED) is 0.376. The number of carbonyl (C=O) groups excluding carboxylic acids is 3. The summed E-state index contributed by atoms with van der Waals surface area (Å²) < 4.78 is 21.9. The average Bonchev–Trinajstić information content (AvgIpc) is 3.26. The van der Waals surface area contributed by atoms with E-state index in [1.165, 1.54) is 21.1 Å². The number of rotatable bonds is 10. The molecule has 2 N–H and O–H groups in total. The van der Waals surface area contributed by atoms with Gasteiger partial charge in [0.1, 0.15) is 6.04 Å². The van der Waals surface area contributed by atoms with Crippen molar-refractivity contribution in [2.24, 2.45) is 11.8 Å². The van der Waals surface area contributed by atoms with Gasteiger partial charge in [0.2, 0.25) is 23.0 Å². The molecule has 11 heteroatoms. The molecule has 2 atom stereocenters. The Hall–Kier alpha value is -4.28. The van der Waals surface area contributed by atoms with E-state index >= 15 is 0 Å². The maximum absolute atomic E-state index is 13.8. The molecule has 2 aliphatic rings. The Labute approximate surface area is 264 Å². The zero-order chi connectivity index (χ0) is 32.8. The van der Waals surface area contributed by atoms with Gasteiger partial charge in [0.05, 0.1) is 40.2 Å². The number of nitrogens with zero attached hydrogens (tertiary/aromatic N) is 1.